The highest BCUT2D eigenvalue weighted by Gasteiger charge is 2.30. The lowest BCUT2D eigenvalue weighted by atomic mass is 9.88. The van der Waals surface area contributed by atoms with E-state index in [0.717, 1.165) is 42.5 Å². The maximum Gasteiger partial charge on any atom is 0.258 e. The van der Waals surface area contributed by atoms with Gasteiger partial charge in [0.15, 0.2) is 0 Å². The van der Waals surface area contributed by atoms with E-state index < -0.39 is 0 Å². The fraction of sp³-hybridized carbons (Fsp3) is 0.381. The van der Waals surface area contributed by atoms with E-state index in [4.69, 9.17) is 11.6 Å². The van der Waals surface area contributed by atoms with Gasteiger partial charge in [0.05, 0.1) is 5.56 Å². The van der Waals surface area contributed by atoms with Gasteiger partial charge < -0.3 is 10.6 Å². The van der Waals surface area contributed by atoms with E-state index in [2.05, 4.69) is 10.6 Å². The molecule has 1 fully saturated rings. The van der Waals surface area contributed by atoms with Crippen LogP contribution in [0.15, 0.2) is 24.3 Å². The minimum Gasteiger partial charge on any atom is -0.322 e. The van der Waals surface area contributed by atoms with Gasteiger partial charge in [0, 0.05) is 34.3 Å². The molecule has 2 aromatic rings. The number of Topliss-reactive ketones (excluding diaryl/α,β-unsaturated/α-hetero) is 1. The second-order valence-corrected chi connectivity index (χ2v) is 8.89. The molecular formula is C21H21ClN2O3S. The summed E-state index contributed by atoms with van der Waals surface area (Å²) >= 11 is 7.39. The lowest BCUT2D eigenvalue weighted by molar-refractivity contribution is -0.128. The second-order valence-electron chi connectivity index (χ2n) is 7.34. The van der Waals surface area contributed by atoms with Gasteiger partial charge in [-0.1, -0.05) is 11.6 Å². The topological polar surface area (TPSA) is 75.3 Å². The first-order valence-electron chi connectivity index (χ1n) is 9.55. The summed E-state index contributed by atoms with van der Waals surface area (Å²) in [4.78, 5) is 38.6. The van der Waals surface area contributed by atoms with Crippen LogP contribution in [0.2, 0.25) is 5.02 Å². The Hall–Kier alpha value is -2.18. The quantitative estimate of drug-likeness (QED) is 0.748. The summed E-state index contributed by atoms with van der Waals surface area (Å²) in [5.41, 5.74) is 2.25. The van der Waals surface area contributed by atoms with E-state index in [9.17, 15) is 14.4 Å². The summed E-state index contributed by atoms with van der Waals surface area (Å²) in [5, 5.41) is 7.05. The van der Waals surface area contributed by atoms with Crippen molar-refractivity contribution in [2.45, 2.75) is 44.9 Å². The fourth-order valence-electron chi connectivity index (χ4n) is 3.92. The van der Waals surface area contributed by atoms with Crippen molar-refractivity contribution in [1.82, 2.24) is 0 Å². The Labute approximate surface area is 172 Å². The number of ketones is 1. The average molecular weight is 417 g/mol. The molecule has 0 aliphatic heterocycles. The van der Waals surface area contributed by atoms with Gasteiger partial charge in [-0.15, -0.1) is 11.3 Å². The largest absolute Gasteiger partial charge is 0.322 e. The van der Waals surface area contributed by atoms with Crippen LogP contribution in [-0.4, -0.2) is 17.6 Å². The van der Waals surface area contributed by atoms with E-state index in [-0.39, 0.29) is 23.5 Å². The van der Waals surface area contributed by atoms with Crippen molar-refractivity contribution in [3.63, 3.8) is 0 Å². The summed E-state index contributed by atoms with van der Waals surface area (Å²) in [7, 11) is 0. The molecule has 4 rings (SSSR count). The molecule has 1 heterocycles. The van der Waals surface area contributed by atoms with Crippen LogP contribution in [0.25, 0.3) is 0 Å². The Morgan fingerprint density at radius 3 is 2.57 bits per heavy atom. The maximum atomic E-state index is 13.0. The Morgan fingerprint density at radius 2 is 1.82 bits per heavy atom. The fourth-order valence-corrected chi connectivity index (χ4v) is 5.34. The zero-order valence-corrected chi connectivity index (χ0v) is 16.9. The van der Waals surface area contributed by atoms with Gasteiger partial charge in [-0.3, -0.25) is 14.4 Å². The lowest BCUT2D eigenvalue weighted by Crippen LogP contribution is -2.28. The number of rotatable bonds is 4. The standard InChI is InChI=1S/C21H21ClN2O3S/c22-13-7-9-14(10-8-13)23-20(27)18-16-5-2-6-17(16)28-21(18)24-19(26)12-3-1-4-15(25)11-12/h7-10,12H,1-6,11H2,(H,23,27)(H,24,26). The summed E-state index contributed by atoms with van der Waals surface area (Å²) in [6, 6.07) is 6.94. The molecule has 0 bridgehead atoms. The highest BCUT2D eigenvalue weighted by molar-refractivity contribution is 7.17. The van der Waals surface area contributed by atoms with Gasteiger partial charge in [0.2, 0.25) is 5.91 Å². The second kappa shape index (κ2) is 8.05. The van der Waals surface area contributed by atoms with Crippen LogP contribution in [0.5, 0.6) is 0 Å². The number of thiophene rings is 1. The third-order valence-corrected chi connectivity index (χ3v) is 6.80. The van der Waals surface area contributed by atoms with Crippen molar-refractivity contribution in [2.75, 3.05) is 10.6 Å². The number of fused-ring (bicyclic) bond motifs is 1. The molecule has 0 spiro atoms. The van der Waals surface area contributed by atoms with Crippen LogP contribution < -0.4 is 10.6 Å². The van der Waals surface area contributed by atoms with Gasteiger partial charge in [-0.05, 0) is 61.9 Å². The lowest BCUT2D eigenvalue weighted by Gasteiger charge is -2.20. The third-order valence-electron chi connectivity index (χ3n) is 5.34. The minimum atomic E-state index is -0.301. The van der Waals surface area contributed by atoms with Crippen LogP contribution >= 0.6 is 22.9 Å². The Balaban J connectivity index is 1.56. The average Bonchev–Trinajstić information content (AvgIpc) is 3.24. The van der Waals surface area contributed by atoms with Crippen LogP contribution in [0.1, 0.15) is 52.9 Å². The number of carbonyl (C=O) groups is 3. The predicted molar refractivity (Wildman–Crippen MR) is 111 cm³/mol. The van der Waals surface area contributed by atoms with E-state index in [1.165, 1.54) is 11.3 Å². The third kappa shape index (κ3) is 3.98. The van der Waals surface area contributed by atoms with Crippen molar-refractivity contribution in [1.29, 1.82) is 0 Å². The normalized spacial score (nSPS) is 18.6. The molecule has 2 amide bonds. The molecular weight excluding hydrogens is 396 g/mol. The van der Waals surface area contributed by atoms with Crippen LogP contribution in [0.4, 0.5) is 10.7 Å². The van der Waals surface area contributed by atoms with Crippen molar-refractivity contribution in [3.05, 3.63) is 45.3 Å². The minimum absolute atomic E-state index is 0.140. The number of nitrogens with one attached hydrogen (secondary N) is 2. The number of hydrogen-bond acceptors (Lipinski definition) is 4. The number of aryl methyl sites for hydroxylation is 1. The van der Waals surface area contributed by atoms with Crippen molar-refractivity contribution in [3.8, 4) is 0 Å². The molecule has 7 heteroatoms. The van der Waals surface area contributed by atoms with Crippen molar-refractivity contribution in [2.24, 2.45) is 5.92 Å². The summed E-state index contributed by atoms with van der Waals surface area (Å²) in [6.07, 6.45) is 5.12. The summed E-state index contributed by atoms with van der Waals surface area (Å²) in [6.45, 7) is 0. The molecule has 0 saturated heterocycles. The van der Waals surface area contributed by atoms with Crippen LogP contribution in [0, 0.1) is 5.92 Å². The molecule has 1 atom stereocenters. The molecule has 0 radical (unpaired) electrons. The molecule has 1 aromatic carbocycles. The Morgan fingerprint density at radius 1 is 1.04 bits per heavy atom. The molecule has 146 valence electrons. The highest BCUT2D eigenvalue weighted by Crippen LogP contribution is 2.40. The van der Waals surface area contributed by atoms with E-state index in [0.29, 0.717) is 34.1 Å². The smallest absolute Gasteiger partial charge is 0.258 e. The molecule has 2 aliphatic carbocycles. The van der Waals surface area contributed by atoms with Gasteiger partial charge in [0.25, 0.3) is 5.91 Å². The molecule has 2 aliphatic rings. The first kappa shape index (κ1) is 19.2. The summed E-state index contributed by atoms with van der Waals surface area (Å²) < 4.78 is 0. The number of hydrogen-bond donors (Lipinski definition) is 2. The molecule has 1 unspecified atom stereocenters. The van der Waals surface area contributed by atoms with E-state index in [1.54, 1.807) is 24.3 Å². The monoisotopic (exact) mass is 416 g/mol. The molecule has 1 aromatic heterocycles. The number of carbonyl (C=O) groups excluding carboxylic acids is 3. The predicted octanol–water partition coefficient (Wildman–Crippen LogP) is 4.84. The number of benzene rings is 1. The summed E-state index contributed by atoms with van der Waals surface area (Å²) in [5.74, 6) is -0.545. The Kier molecular flexibility index (Phi) is 5.51. The van der Waals surface area contributed by atoms with Crippen LogP contribution in [0.3, 0.4) is 0 Å². The highest BCUT2D eigenvalue weighted by atomic mass is 35.5. The van der Waals surface area contributed by atoms with E-state index in [1.807, 2.05) is 0 Å². The van der Waals surface area contributed by atoms with Gasteiger partial charge >= 0.3 is 0 Å². The first-order valence-corrected chi connectivity index (χ1v) is 10.7. The van der Waals surface area contributed by atoms with Crippen LogP contribution in [-0.2, 0) is 22.4 Å². The van der Waals surface area contributed by atoms with Crippen molar-refractivity contribution >= 4 is 51.2 Å². The first-order chi connectivity index (χ1) is 13.5. The van der Waals surface area contributed by atoms with Crippen molar-refractivity contribution < 1.29 is 14.4 Å². The van der Waals surface area contributed by atoms with Gasteiger partial charge in [-0.25, -0.2) is 0 Å². The zero-order valence-electron chi connectivity index (χ0n) is 15.3. The van der Waals surface area contributed by atoms with Gasteiger partial charge in [-0.2, -0.15) is 0 Å². The maximum absolute atomic E-state index is 13.0. The number of amides is 2. The van der Waals surface area contributed by atoms with E-state index >= 15 is 0 Å². The molecule has 28 heavy (non-hydrogen) atoms. The Bertz CT molecular complexity index is 936. The molecule has 1 saturated carbocycles. The number of halogens is 1. The molecule has 5 nitrogen and oxygen atoms in total. The SMILES string of the molecule is O=C1CCCC(C(=O)Nc2sc3c(c2C(=O)Nc2ccc(Cl)cc2)CCC3)C1. The molecule has 2 N–H and O–H groups in total. The zero-order chi connectivity index (χ0) is 19.7. The number of anilines is 2. The van der Waals surface area contributed by atoms with Gasteiger partial charge in [0.1, 0.15) is 10.8 Å².